The minimum atomic E-state index is -0.732. The molecule has 0 unspecified atom stereocenters. The molecule has 0 radical (unpaired) electrons. The highest BCUT2D eigenvalue weighted by Crippen LogP contribution is 2.43. The average molecular weight is 551 g/mol. The number of carbonyl (C=O) groups is 2. The van der Waals surface area contributed by atoms with Crippen molar-refractivity contribution in [3.05, 3.63) is 48.5 Å². The molecule has 0 atom stereocenters. The van der Waals surface area contributed by atoms with Crippen molar-refractivity contribution < 1.29 is 28.5 Å². The third-order valence-electron chi connectivity index (χ3n) is 7.14. The smallest absolute Gasteiger partial charge is 0.434 e. The number of hydrogen-bond donors (Lipinski definition) is 0. The molecule has 0 saturated carbocycles. The molecule has 0 heterocycles. The van der Waals surface area contributed by atoms with Gasteiger partial charge in [-0.2, -0.15) is 0 Å². The quantitative estimate of drug-likeness (QED) is 0.0679. The van der Waals surface area contributed by atoms with Crippen molar-refractivity contribution in [2.45, 2.75) is 104 Å². The molecule has 0 amide bonds. The van der Waals surface area contributed by atoms with Gasteiger partial charge in [0.1, 0.15) is 11.5 Å². The summed E-state index contributed by atoms with van der Waals surface area (Å²) in [7, 11) is 0. The van der Waals surface area contributed by atoms with Crippen molar-refractivity contribution in [2.75, 3.05) is 13.2 Å². The van der Waals surface area contributed by atoms with Gasteiger partial charge in [-0.1, -0.05) is 139 Å². The van der Waals surface area contributed by atoms with Crippen LogP contribution in [0.25, 0.3) is 21.5 Å². The minimum Gasteiger partial charge on any atom is -0.434 e. The van der Waals surface area contributed by atoms with Crippen LogP contribution >= 0.6 is 0 Å². The molecule has 0 fully saturated rings. The Morgan fingerprint density at radius 1 is 0.475 bits per heavy atom. The first kappa shape index (κ1) is 31.3. The Morgan fingerprint density at radius 3 is 1.10 bits per heavy atom. The summed E-state index contributed by atoms with van der Waals surface area (Å²) in [5.41, 5.74) is 0. The van der Waals surface area contributed by atoms with Gasteiger partial charge in [0.2, 0.25) is 0 Å². The molecular formula is C34H46O6. The summed E-state index contributed by atoms with van der Waals surface area (Å²) in [4.78, 5) is 25.3. The van der Waals surface area contributed by atoms with E-state index in [1.807, 2.05) is 48.5 Å². The van der Waals surface area contributed by atoms with E-state index in [9.17, 15) is 9.59 Å². The van der Waals surface area contributed by atoms with Crippen LogP contribution in [-0.2, 0) is 9.47 Å². The number of unbranched alkanes of at least 4 members (excludes halogenated alkanes) is 12. The third kappa shape index (κ3) is 10.0. The van der Waals surface area contributed by atoms with Gasteiger partial charge in [0.05, 0.1) is 13.2 Å². The van der Waals surface area contributed by atoms with E-state index in [1.165, 1.54) is 51.4 Å². The molecular weight excluding hydrogens is 504 g/mol. The van der Waals surface area contributed by atoms with Gasteiger partial charge in [-0.3, -0.25) is 0 Å². The lowest BCUT2D eigenvalue weighted by atomic mass is 10.0. The number of benzene rings is 3. The number of hydrogen-bond acceptors (Lipinski definition) is 6. The first-order valence-electron chi connectivity index (χ1n) is 15.3. The second-order valence-electron chi connectivity index (χ2n) is 10.4. The maximum atomic E-state index is 12.6. The van der Waals surface area contributed by atoms with E-state index >= 15 is 0 Å². The van der Waals surface area contributed by atoms with Gasteiger partial charge < -0.3 is 18.9 Å². The summed E-state index contributed by atoms with van der Waals surface area (Å²) in [5.74, 6) is 0.777. The molecule has 0 aliphatic heterocycles. The highest BCUT2D eigenvalue weighted by atomic mass is 16.7. The van der Waals surface area contributed by atoms with Crippen LogP contribution in [0.2, 0.25) is 0 Å². The van der Waals surface area contributed by atoms with Crippen LogP contribution in [0.4, 0.5) is 9.59 Å². The Morgan fingerprint density at radius 2 is 0.775 bits per heavy atom. The SMILES string of the molecule is CCCCCCCCCOC(=O)Oc1c2ccccc2c(OC(=O)OCCCCCCCCC)c2ccccc12. The van der Waals surface area contributed by atoms with Crippen LogP contribution in [0.1, 0.15) is 104 Å². The molecule has 0 N–H and O–H groups in total. The molecule has 3 aromatic carbocycles. The molecule has 40 heavy (non-hydrogen) atoms. The lowest BCUT2D eigenvalue weighted by molar-refractivity contribution is 0.0965. The number of ether oxygens (including phenoxy) is 4. The molecule has 3 aromatic rings. The summed E-state index contributed by atoms with van der Waals surface area (Å²) in [6, 6.07) is 14.8. The van der Waals surface area contributed by atoms with E-state index in [0.717, 1.165) is 38.5 Å². The first-order chi connectivity index (χ1) is 19.7. The van der Waals surface area contributed by atoms with E-state index in [2.05, 4.69) is 13.8 Å². The van der Waals surface area contributed by atoms with Gasteiger partial charge in [-0.25, -0.2) is 9.59 Å². The predicted molar refractivity (Wildman–Crippen MR) is 161 cm³/mol. The van der Waals surface area contributed by atoms with Crippen molar-refractivity contribution >= 4 is 33.9 Å². The molecule has 6 nitrogen and oxygen atoms in total. The zero-order valence-electron chi connectivity index (χ0n) is 24.4. The van der Waals surface area contributed by atoms with E-state index < -0.39 is 12.3 Å². The Labute approximate surface area is 239 Å². The second kappa shape index (κ2) is 18.1. The van der Waals surface area contributed by atoms with Crippen molar-refractivity contribution in [1.82, 2.24) is 0 Å². The normalized spacial score (nSPS) is 11.1. The highest BCUT2D eigenvalue weighted by Gasteiger charge is 2.21. The highest BCUT2D eigenvalue weighted by molar-refractivity contribution is 6.12. The lowest BCUT2D eigenvalue weighted by Gasteiger charge is -2.16. The largest absolute Gasteiger partial charge is 0.513 e. The van der Waals surface area contributed by atoms with Crippen LogP contribution in [-0.4, -0.2) is 25.5 Å². The van der Waals surface area contributed by atoms with Crippen LogP contribution in [0.3, 0.4) is 0 Å². The molecule has 3 rings (SSSR count). The minimum absolute atomic E-state index is 0.328. The van der Waals surface area contributed by atoms with Crippen molar-refractivity contribution in [3.8, 4) is 11.5 Å². The van der Waals surface area contributed by atoms with Gasteiger partial charge in [-0.05, 0) is 12.8 Å². The van der Waals surface area contributed by atoms with Gasteiger partial charge in [-0.15, -0.1) is 0 Å². The molecule has 0 aromatic heterocycles. The predicted octanol–water partition coefficient (Wildman–Crippen LogP) is 10.5. The van der Waals surface area contributed by atoms with E-state index in [-0.39, 0.29) is 0 Å². The molecule has 218 valence electrons. The maximum Gasteiger partial charge on any atom is 0.513 e. The molecule has 0 spiro atoms. The van der Waals surface area contributed by atoms with Gasteiger partial charge in [0.15, 0.2) is 0 Å². The molecule has 6 heteroatoms. The fourth-order valence-corrected chi connectivity index (χ4v) is 4.92. The lowest BCUT2D eigenvalue weighted by Crippen LogP contribution is -2.14. The summed E-state index contributed by atoms with van der Waals surface area (Å²) in [6.07, 6.45) is 14.5. The fourth-order valence-electron chi connectivity index (χ4n) is 4.92. The molecule has 0 aliphatic carbocycles. The summed E-state index contributed by atoms with van der Waals surface area (Å²) >= 11 is 0. The maximum absolute atomic E-state index is 12.6. The monoisotopic (exact) mass is 550 g/mol. The number of carbonyl (C=O) groups excluding carboxylic acids is 2. The van der Waals surface area contributed by atoms with E-state index in [1.54, 1.807) is 0 Å². The Hall–Kier alpha value is -3.28. The second-order valence-corrected chi connectivity index (χ2v) is 10.4. The van der Waals surface area contributed by atoms with Crippen molar-refractivity contribution in [3.63, 3.8) is 0 Å². The summed E-state index contributed by atoms with van der Waals surface area (Å²) in [6.45, 7) is 5.07. The van der Waals surface area contributed by atoms with E-state index in [0.29, 0.717) is 46.3 Å². The Bertz CT molecular complexity index is 1040. The zero-order valence-corrected chi connectivity index (χ0v) is 24.4. The summed E-state index contributed by atoms with van der Waals surface area (Å²) < 4.78 is 22.3. The number of rotatable bonds is 18. The van der Waals surface area contributed by atoms with Crippen LogP contribution in [0.15, 0.2) is 48.5 Å². The van der Waals surface area contributed by atoms with E-state index in [4.69, 9.17) is 18.9 Å². The topological polar surface area (TPSA) is 71.1 Å². The molecule has 0 saturated heterocycles. The molecule has 0 bridgehead atoms. The zero-order chi connectivity index (χ0) is 28.4. The van der Waals surface area contributed by atoms with Gasteiger partial charge in [0, 0.05) is 21.5 Å². The fraction of sp³-hybridized carbons (Fsp3) is 0.529. The molecule has 0 aliphatic rings. The average Bonchev–Trinajstić information content (AvgIpc) is 2.97. The van der Waals surface area contributed by atoms with Crippen molar-refractivity contribution in [1.29, 1.82) is 0 Å². The van der Waals surface area contributed by atoms with Crippen LogP contribution < -0.4 is 9.47 Å². The van der Waals surface area contributed by atoms with Gasteiger partial charge >= 0.3 is 12.3 Å². The van der Waals surface area contributed by atoms with Crippen LogP contribution in [0, 0.1) is 0 Å². The Balaban J connectivity index is 1.62. The van der Waals surface area contributed by atoms with Crippen molar-refractivity contribution in [2.24, 2.45) is 0 Å². The first-order valence-corrected chi connectivity index (χ1v) is 15.3. The summed E-state index contributed by atoms with van der Waals surface area (Å²) in [5, 5.41) is 2.63. The van der Waals surface area contributed by atoms with Crippen LogP contribution in [0.5, 0.6) is 11.5 Å². The standard InChI is InChI=1S/C34H46O6/c1-3-5-7-9-11-13-19-25-37-33(35)39-31-27-21-15-17-23-29(27)32(30-24-18-16-22-28(30)31)40-34(36)38-26-20-14-12-10-8-6-4-2/h15-18,21-24H,3-14,19-20,25-26H2,1-2H3. The number of fused-ring (bicyclic) bond motifs is 2. The Kier molecular flexibility index (Phi) is 14.2. The third-order valence-corrected chi connectivity index (χ3v) is 7.14. The van der Waals surface area contributed by atoms with Gasteiger partial charge in [0.25, 0.3) is 0 Å².